The molecule has 0 saturated carbocycles. The van der Waals surface area contributed by atoms with E-state index < -0.39 is 46.8 Å². The molecule has 0 amide bonds. The smallest absolute Gasteiger partial charge is 0.354 e. The molecule has 23 heteroatoms. The minimum atomic E-state index is -0.990. The van der Waals surface area contributed by atoms with E-state index in [4.69, 9.17) is 16.8 Å². The molecule has 11 rings (SSSR count). The number of carboxylic acids is 1. The number of hydrogen-bond acceptors (Lipinski definition) is 10. The summed E-state index contributed by atoms with van der Waals surface area (Å²) >= 11 is 0. The van der Waals surface area contributed by atoms with Gasteiger partial charge in [-0.25, -0.2) is 18.6 Å². The van der Waals surface area contributed by atoms with Crippen LogP contribution in [0.3, 0.4) is 0 Å². The van der Waals surface area contributed by atoms with Crippen LogP contribution in [0.1, 0.15) is 29.9 Å². The average molecular weight is 2100 g/mol. The SMILES string of the molecule is CC(=O)C=C(C)O.Fc1c[c-]c(-c2ccccn2)c(F)c1.Fc1c[c-]c(-c2ccccn2)c(F)n1.O=C(O)c1ccccn1.[C-]#[N+]c1c(F)c[c-]c(-c2cc(C)ccn2)c1F.[Ir].[Ir].[Ir].[Ir].[Ir].[c-]1ccccc1-c1ccccn1.[c-]1ccccc1-c1ccccn1. The molecule has 11 aromatic rings. The number of aromatic carboxylic acids is 1. The number of allylic oxidation sites excluding steroid dienone is 2. The van der Waals surface area contributed by atoms with Crippen molar-refractivity contribution in [2.45, 2.75) is 20.8 Å². The molecule has 0 spiro atoms. The molecule has 7 aromatic heterocycles. The zero-order valence-electron chi connectivity index (χ0n) is 47.0. The van der Waals surface area contributed by atoms with Crippen LogP contribution < -0.4 is 0 Å². The first kappa shape index (κ1) is 81.9. The number of aryl methyl sites for hydroxylation is 1. The number of hydrogen-bond donors (Lipinski definition) is 2. The van der Waals surface area contributed by atoms with Gasteiger partial charge in [0, 0.05) is 167 Å². The van der Waals surface area contributed by atoms with Crippen LogP contribution >= 0.6 is 0 Å². The summed E-state index contributed by atoms with van der Waals surface area (Å²) in [6.45, 7) is 11.4. The van der Waals surface area contributed by atoms with Gasteiger partial charge in [0.1, 0.15) is 17.6 Å². The van der Waals surface area contributed by atoms with E-state index in [2.05, 4.69) is 70.1 Å². The monoisotopic (exact) mass is 2110 g/mol. The number of benzene rings is 4. The van der Waals surface area contributed by atoms with E-state index >= 15 is 0 Å². The second-order valence-electron chi connectivity index (χ2n) is 16.8. The van der Waals surface area contributed by atoms with Crippen molar-refractivity contribution in [1.82, 2.24) is 34.9 Å². The summed E-state index contributed by atoms with van der Waals surface area (Å²) in [7, 11) is 0. The minimum Gasteiger partial charge on any atom is -0.512 e. The quantitative estimate of drug-likeness (QED) is 0.0512. The van der Waals surface area contributed by atoms with Crippen molar-refractivity contribution in [2.24, 2.45) is 0 Å². The van der Waals surface area contributed by atoms with Crippen LogP contribution in [-0.4, -0.2) is 56.9 Å². The van der Waals surface area contributed by atoms with Crippen LogP contribution in [-0.2, 0) is 105 Å². The molecule has 5 radical (unpaired) electrons. The molecular weight excluding hydrogens is 2060 g/mol. The van der Waals surface area contributed by atoms with Crippen LogP contribution in [0.25, 0.3) is 61.1 Å². The summed E-state index contributed by atoms with van der Waals surface area (Å²) in [6.07, 6.45) is 10.8. The third-order valence-electron chi connectivity index (χ3n) is 10.3. The van der Waals surface area contributed by atoms with Crippen molar-refractivity contribution < 1.29 is 147 Å². The molecule has 90 heavy (non-hydrogen) atoms. The molecule has 0 saturated heterocycles. The molecule has 2 N–H and O–H groups in total. The zero-order valence-corrected chi connectivity index (χ0v) is 59.0. The van der Waals surface area contributed by atoms with Crippen molar-refractivity contribution in [3.63, 3.8) is 0 Å². The summed E-state index contributed by atoms with van der Waals surface area (Å²) < 4.78 is 78.3. The summed E-state index contributed by atoms with van der Waals surface area (Å²) in [6, 6.07) is 63.2. The van der Waals surface area contributed by atoms with Crippen LogP contribution in [0.5, 0.6) is 0 Å². The number of aliphatic hydroxyl groups excluding tert-OH is 1. The van der Waals surface area contributed by atoms with Crippen LogP contribution in [0.15, 0.2) is 225 Å². The number of ketones is 1. The van der Waals surface area contributed by atoms with E-state index in [1.54, 1.807) is 79.3 Å². The van der Waals surface area contributed by atoms with Crippen molar-refractivity contribution in [1.29, 1.82) is 0 Å². The normalized spacial score (nSPS) is 9.40. The molecule has 0 aliphatic heterocycles. The first-order valence-electron chi connectivity index (χ1n) is 25.0. The van der Waals surface area contributed by atoms with E-state index in [0.29, 0.717) is 17.1 Å². The van der Waals surface area contributed by atoms with Gasteiger partial charge in [-0.05, 0) is 91.7 Å². The first-order chi connectivity index (χ1) is 41.0. The number of halogens is 6. The van der Waals surface area contributed by atoms with Crippen molar-refractivity contribution in [3.8, 4) is 56.3 Å². The van der Waals surface area contributed by atoms with E-state index in [-0.39, 0.29) is 134 Å². The predicted molar refractivity (Wildman–Crippen MR) is 309 cm³/mol. The molecule has 0 aliphatic rings. The summed E-state index contributed by atoms with van der Waals surface area (Å²) in [5, 5.41) is 16.7. The van der Waals surface area contributed by atoms with E-state index in [0.717, 1.165) is 52.3 Å². The van der Waals surface area contributed by atoms with Gasteiger partial charge in [0.2, 0.25) is 0 Å². The Labute approximate surface area is 584 Å². The maximum atomic E-state index is 13.8. The van der Waals surface area contributed by atoms with Crippen LogP contribution in [0.4, 0.5) is 32.0 Å². The van der Waals surface area contributed by atoms with Gasteiger partial charge in [0.25, 0.3) is 0 Å². The maximum absolute atomic E-state index is 13.8. The Bertz CT molecular complexity index is 3680. The van der Waals surface area contributed by atoms with E-state index in [1.165, 1.54) is 44.6 Å². The fraction of sp³-hybridized carbons (Fsp3) is 0.0448. The minimum absolute atomic E-state index is 0. The van der Waals surface area contributed by atoms with Gasteiger partial charge in [-0.3, -0.25) is 32.2 Å². The number of aliphatic hydroxyl groups is 1. The number of carbonyl (C=O) groups is 2. The number of pyridine rings is 7. The molecule has 0 bridgehead atoms. The second-order valence-corrected chi connectivity index (χ2v) is 16.8. The van der Waals surface area contributed by atoms with Gasteiger partial charge < -0.3 is 35.1 Å². The van der Waals surface area contributed by atoms with Crippen molar-refractivity contribution in [2.75, 3.05) is 0 Å². The van der Waals surface area contributed by atoms with Gasteiger partial charge in [0.15, 0.2) is 11.5 Å². The topological polar surface area (TPSA) is 169 Å². The number of rotatable bonds is 7. The van der Waals surface area contributed by atoms with Crippen molar-refractivity contribution >= 4 is 17.4 Å². The average Bonchev–Trinajstić information content (AvgIpc) is 0.910. The second kappa shape index (κ2) is 45.2. The van der Waals surface area contributed by atoms with Gasteiger partial charge >= 0.3 is 5.97 Å². The molecular formula is C67H47F6Ir5N8O4-5. The van der Waals surface area contributed by atoms with E-state index in [1.807, 2.05) is 91.9 Å². The molecule has 471 valence electrons. The molecule has 7 heterocycles. The fourth-order valence-electron chi connectivity index (χ4n) is 6.60. The Morgan fingerprint density at radius 2 is 0.944 bits per heavy atom. The molecule has 0 aliphatic carbocycles. The maximum Gasteiger partial charge on any atom is 0.354 e. The van der Waals surface area contributed by atoms with Gasteiger partial charge in [-0.1, -0.05) is 89.5 Å². The Morgan fingerprint density at radius 3 is 1.32 bits per heavy atom. The fourth-order valence-corrected chi connectivity index (χ4v) is 6.60. The number of nitrogens with zero attached hydrogens (tertiary/aromatic N) is 8. The van der Waals surface area contributed by atoms with E-state index in [9.17, 15) is 35.9 Å². The standard InChI is InChI=1S/C13H7F2N2.C11H6F2N.2C11H8N.C10H5F2N2.C6H5NO2.C5H8O2.5Ir/c1-8-5-6-17-11(7-8)9-3-4-10(14)13(16-2)12(9)15;12-8-4-5-9(10(13)7-8)11-3-1-2-6-14-11;2*1-2-6-10(7-3-1)11-8-4-5-9-12-11;11-9-5-4-7(10(12)14-9)8-3-1-2-6-13-8;8-6(9)5-3-1-2-4-7-5;1-4(6)3-5(2)7;;;;;/h4-7H,1H3;1-4,6-7H;2*1-6,8-9H;1-3,5-6H;1-4H,(H,8,9);3,6H,1-2H3;;;;;/q5*-1;;;;;;;. The Kier molecular flexibility index (Phi) is 41.2. The van der Waals surface area contributed by atoms with Gasteiger partial charge in [0.05, 0.1) is 12.3 Å². The van der Waals surface area contributed by atoms with Crippen molar-refractivity contribution in [3.05, 3.63) is 313 Å². The Balaban J connectivity index is 0.00000103. The molecule has 0 fully saturated rings. The Hall–Kier alpha value is -8.07. The molecule has 0 unspecified atom stereocenters. The van der Waals surface area contributed by atoms with Gasteiger partial charge in [-0.15, -0.1) is 108 Å². The largest absolute Gasteiger partial charge is 0.512 e. The van der Waals surface area contributed by atoms with Gasteiger partial charge in [-0.2, -0.15) is 0 Å². The predicted octanol–water partition coefficient (Wildman–Crippen LogP) is 15.6. The third kappa shape index (κ3) is 29.0. The zero-order chi connectivity index (χ0) is 61.3. The molecule has 4 aromatic carbocycles. The first-order valence-corrected chi connectivity index (χ1v) is 25.0. The summed E-state index contributed by atoms with van der Waals surface area (Å²) in [5.41, 5.74) is 5.83. The third-order valence-corrected chi connectivity index (χ3v) is 10.3. The number of carboxylic acid groups (broad SMARTS) is 1. The van der Waals surface area contributed by atoms with Crippen LogP contribution in [0, 0.1) is 79.0 Å². The molecule has 0 atom stereocenters. The number of aromatic nitrogens is 7. The Morgan fingerprint density at radius 1 is 0.489 bits per heavy atom. The number of carbonyl (C=O) groups excluding carboxylic acids is 1. The molecule has 12 nitrogen and oxygen atoms in total. The summed E-state index contributed by atoms with van der Waals surface area (Å²) in [4.78, 5) is 49.9. The summed E-state index contributed by atoms with van der Waals surface area (Å²) in [5.74, 6) is -5.95. The van der Waals surface area contributed by atoms with Crippen LogP contribution in [0.2, 0.25) is 0 Å².